The van der Waals surface area contributed by atoms with E-state index in [4.69, 9.17) is 27.8 Å². The number of hydrogen-bond acceptors (Lipinski definition) is 7. The standard InChI is InChI=1S/C20H25ClN6O2/c21-16-11-15(23)5-6-18(16)27-19(13-1-3-14(22)4-2-13)12-17(24-27)20(28)25-26-7-9-29-10-8-26/h1,3-6,11,13,19H,2,7-10,12,22-23H2,(H,25,28). The molecular weight excluding hydrogens is 392 g/mol. The summed E-state index contributed by atoms with van der Waals surface area (Å²) in [7, 11) is 0. The molecule has 5 N–H and O–H groups in total. The van der Waals surface area contributed by atoms with E-state index in [-0.39, 0.29) is 17.9 Å². The van der Waals surface area contributed by atoms with Crippen LogP contribution in [0.1, 0.15) is 12.8 Å². The second kappa shape index (κ2) is 8.44. The van der Waals surface area contributed by atoms with Crippen LogP contribution in [0.4, 0.5) is 11.4 Å². The first-order valence-electron chi connectivity index (χ1n) is 9.70. The largest absolute Gasteiger partial charge is 0.399 e. The minimum absolute atomic E-state index is 0.0397. The summed E-state index contributed by atoms with van der Waals surface area (Å²) < 4.78 is 5.33. The van der Waals surface area contributed by atoms with Gasteiger partial charge in [-0.15, -0.1) is 0 Å². The number of rotatable bonds is 4. The zero-order valence-corrected chi connectivity index (χ0v) is 16.8. The zero-order chi connectivity index (χ0) is 20.4. The Hall–Kier alpha value is -2.55. The van der Waals surface area contributed by atoms with Crippen LogP contribution in [-0.4, -0.2) is 49.0 Å². The van der Waals surface area contributed by atoms with Crippen molar-refractivity contribution in [3.8, 4) is 0 Å². The number of benzene rings is 1. The van der Waals surface area contributed by atoms with Gasteiger partial charge in [-0.25, -0.2) is 5.01 Å². The minimum Gasteiger partial charge on any atom is -0.399 e. The highest BCUT2D eigenvalue weighted by Crippen LogP contribution is 2.37. The highest BCUT2D eigenvalue weighted by atomic mass is 35.5. The first-order valence-corrected chi connectivity index (χ1v) is 10.1. The number of hydrazone groups is 1. The third-order valence-electron chi connectivity index (χ3n) is 5.35. The maximum Gasteiger partial charge on any atom is 0.281 e. The van der Waals surface area contributed by atoms with E-state index in [1.807, 2.05) is 28.2 Å². The Morgan fingerprint density at radius 1 is 1.28 bits per heavy atom. The number of amides is 1. The van der Waals surface area contributed by atoms with E-state index in [0.717, 1.165) is 17.8 Å². The van der Waals surface area contributed by atoms with Crippen LogP contribution in [0.2, 0.25) is 5.02 Å². The van der Waals surface area contributed by atoms with Crippen molar-refractivity contribution in [2.24, 2.45) is 16.8 Å². The van der Waals surface area contributed by atoms with E-state index in [0.29, 0.717) is 49.1 Å². The van der Waals surface area contributed by atoms with Gasteiger partial charge in [-0.1, -0.05) is 23.8 Å². The van der Waals surface area contributed by atoms with Crippen LogP contribution >= 0.6 is 11.6 Å². The average Bonchev–Trinajstić information content (AvgIpc) is 3.14. The summed E-state index contributed by atoms with van der Waals surface area (Å²) in [6.07, 6.45) is 7.28. The zero-order valence-electron chi connectivity index (χ0n) is 16.1. The van der Waals surface area contributed by atoms with Gasteiger partial charge in [0.1, 0.15) is 5.71 Å². The van der Waals surface area contributed by atoms with E-state index in [1.165, 1.54) is 0 Å². The highest BCUT2D eigenvalue weighted by Gasteiger charge is 2.37. The predicted molar refractivity (Wildman–Crippen MR) is 114 cm³/mol. The summed E-state index contributed by atoms with van der Waals surface area (Å²) >= 11 is 6.46. The van der Waals surface area contributed by atoms with Crippen LogP contribution in [0.3, 0.4) is 0 Å². The number of ether oxygens (including phenoxy) is 1. The number of hydrogen-bond donors (Lipinski definition) is 3. The maximum absolute atomic E-state index is 12.9. The fraction of sp³-hybridized carbons (Fsp3) is 0.400. The molecule has 1 fully saturated rings. The van der Waals surface area contributed by atoms with Gasteiger partial charge in [-0.3, -0.25) is 15.2 Å². The molecule has 1 saturated heterocycles. The van der Waals surface area contributed by atoms with Crippen molar-refractivity contribution in [1.29, 1.82) is 0 Å². The quantitative estimate of drug-likeness (QED) is 0.644. The Bertz CT molecular complexity index is 878. The first kappa shape index (κ1) is 19.8. The van der Waals surface area contributed by atoms with Crippen LogP contribution in [-0.2, 0) is 9.53 Å². The number of nitrogen functional groups attached to an aromatic ring is 1. The Morgan fingerprint density at radius 2 is 2.07 bits per heavy atom. The van der Waals surface area contributed by atoms with E-state index >= 15 is 0 Å². The van der Waals surface area contributed by atoms with Gasteiger partial charge in [-0.2, -0.15) is 5.10 Å². The van der Waals surface area contributed by atoms with Crippen molar-refractivity contribution < 1.29 is 9.53 Å². The van der Waals surface area contributed by atoms with Gasteiger partial charge in [0, 0.05) is 36.8 Å². The third kappa shape index (κ3) is 4.39. The molecule has 1 aromatic carbocycles. The molecular formula is C20H25ClN6O2. The summed E-state index contributed by atoms with van der Waals surface area (Å²) in [6.45, 7) is 2.52. The lowest BCUT2D eigenvalue weighted by Crippen LogP contribution is -2.50. The smallest absolute Gasteiger partial charge is 0.281 e. The average molecular weight is 417 g/mol. The van der Waals surface area contributed by atoms with Gasteiger partial charge in [-0.05, 0) is 30.7 Å². The van der Waals surface area contributed by atoms with Gasteiger partial charge in [0.25, 0.3) is 5.91 Å². The molecule has 2 heterocycles. The summed E-state index contributed by atoms with van der Waals surface area (Å²) in [5.74, 6) is -0.0332. The number of nitrogens with two attached hydrogens (primary N) is 2. The van der Waals surface area contributed by atoms with E-state index < -0.39 is 0 Å². The molecule has 8 nitrogen and oxygen atoms in total. The summed E-state index contributed by atoms with van der Waals surface area (Å²) in [5.41, 5.74) is 17.2. The Labute approximate surface area is 174 Å². The number of hydrazine groups is 1. The van der Waals surface area contributed by atoms with Gasteiger partial charge >= 0.3 is 0 Å². The fourth-order valence-electron chi connectivity index (χ4n) is 3.76. The van der Waals surface area contributed by atoms with Crippen LogP contribution in [0.15, 0.2) is 47.2 Å². The predicted octanol–water partition coefficient (Wildman–Crippen LogP) is 1.64. The normalized spacial score (nSPS) is 24.9. The van der Waals surface area contributed by atoms with Crippen molar-refractivity contribution in [2.45, 2.75) is 18.9 Å². The first-order chi connectivity index (χ1) is 14.0. The van der Waals surface area contributed by atoms with Crippen LogP contribution < -0.4 is 21.9 Å². The molecule has 2 atom stereocenters. The molecule has 4 rings (SSSR count). The summed E-state index contributed by atoms with van der Waals surface area (Å²) in [5, 5.41) is 8.88. The van der Waals surface area contributed by atoms with Crippen molar-refractivity contribution >= 4 is 34.6 Å². The molecule has 0 radical (unpaired) electrons. The molecule has 1 aromatic rings. The SMILES string of the molecule is NC1=CCC(C2CC(C(=O)NN3CCOCC3)=NN2c2ccc(N)cc2Cl)C=C1. The number of carbonyl (C=O) groups is 1. The number of halogens is 1. The number of anilines is 2. The molecule has 0 bridgehead atoms. The third-order valence-corrected chi connectivity index (χ3v) is 5.66. The van der Waals surface area contributed by atoms with Crippen molar-refractivity contribution in [1.82, 2.24) is 10.4 Å². The van der Waals surface area contributed by atoms with E-state index in [2.05, 4.69) is 16.6 Å². The summed E-state index contributed by atoms with van der Waals surface area (Å²) in [6, 6.07) is 5.29. The van der Waals surface area contributed by atoms with Crippen molar-refractivity contribution in [2.75, 3.05) is 37.0 Å². The second-order valence-electron chi connectivity index (χ2n) is 7.38. The topological polar surface area (TPSA) is 109 Å². The maximum atomic E-state index is 12.9. The Balaban J connectivity index is 1.58. The van der Waals surface area contributed by atoms with Crippen LogP contribution in [0.25, 0.3) is 0 Å². The molecule has 154 valence electrons. The fourth-order valence-corrected chi connectivity index (χ4v) is 4.04. The summed E-state index contributed by atoms with van der Waals surface area (Å²) in [4.78, 5) is 12.9. The Morgan fingerprint density at radius 3 is 2.76 bits per heavy atom. The van der Waals surface area contributed by atoms with Crippen molar-refractivity contribution in [3.05, 3.63) is 47.1 Å². The molecule has 0 aromatic heterocycles. The van der Waals surface area contributed by atoms with Crippen LogP contribution in [0.5, 0.6) is 0 Å². The van der Waals surface area contributed by atoms with Crippen LogP contribution in [0, 0.1) is 5.92 Å². The highest BCUT2D eigenvalue weighted by molar-refractivity contribution is 6.40. The monoisotopic (exact) mass is 416 g/mol. The molecule has 0 saturated carbocycles. The molecule has 0 spiro atoms. The molecule has 2 unspecified atom stereocenters. The van der Waals surface area contributed by atoms with E-state index in [9.17, 15) is 4.79 Å². The number of nitrogens with zero attached hydrogens (tertiary/aromatic N) is 3. The molecule has 3 aliphatic rings. The van der Waals surface area contributed by atoms with Gasteiger partial charge in [0.05, 0.1) is 30.0 Å². The number of allylic oxidation sites excluding steroid dienone is 2. The number of carbonyl (C=O) groups excluding carboxylic acids is 1. The lowest BCUT2D eigenvalue weighted by molar-refractivity contribution is -0.121. The molecule has 2 aliphatic heterocycles. The second-order valence-corrected chi connectivity index (χ2v) is 7.78. The Kier molecular flexibility index (Phi) is 5.75. The lowest BCUT2D eigenvalue weighted by atomic mass is 9.88. The molecule has 9 heteroatoms. The number of nitrogens with one attached hydrogen (secondary N) is 1. The molecule has 29 heavy (non-hydrogen) atoms. The molecule has 1 amide bonds. The van der Waals surface area contributed by atoms with Crippen molar-refractivity contribution in [3.63, 3.8) is 0 Å². The van der Waals surface area contributed by atoms with Gasteiger partial charge < -0.3 is 16.2 Å². The minimum atomic E-state index is -0.194. The van der Waals surface area contributed by atoms with Gasteiger partial charge in [0.2, 0.25) is 0 Å². The van der Waals surface area contributed by atoms with E-state index in [1.54, 1.807) is 12.1 Å². The lowest BCUT2D eigenvalue weighted by Gasteiger charge is -2.30. The molecule has 1 aliphatic carbocycles. The van der Waals surface area contributed by atoms with Gasteiger partial charge in [0.15, 0.2) is 0 Å². The number of morpholine rings is 1.